The number of thiophene rings is 1. The van der Waals surface area contributed by atoms with E-state index in [1.807, 2.05) is 13.0 Å². The average Bonchev–Trinajstić information content (AvgIpc) is 4.02. The molecule has 4 nitrogen and oxygen atoms in total. The van der Waals surface area contributed by atoms with Gasteiger partial charge in [0, 0.05) is 35.7 Å². The van der Waals surface area contributed by atoms with E-state index < -0.39 is 5.92 Å². The van der Waals surface area contributed by atoms with Gasteiger partial charge in [-0.1, -0.05) is 149 Å². The number of nitrogens with one attached hydrogen (secondary N) is 1. The van der Waals surface area contributed by atoms with Crippen LogP contribution in [0.3, 0.4) is 0 Å². The van der Waals surface area contributed by atoms with Gasteiger partial charge in [0.05, 0.1) is 5.69 Å². The van der Waals surface area contributed by atoms with Gasteiger partial charge >= 0.3 is 0 Å². The third-order valence-corrected chi connectivity index (χ3v) is 11.9. The second-order valence-electron chi connectivity index (χ2n) is 16.3. The molecular formula is C47H83F2N3OS. The molecule has 0 unspecified atom stereocenters. The van der Waals surface area contributed by atoms with Gasteiger partial charge in [0.1, 0.15) is 6.29 Å². The van der Waals surface area contributed by atoms with Crippen LogP contribution in [0.4, 0.5) is 20.2 Å². The number of unbranched alkanes of at least 4 members (excludes halogenated alkanes) is 1. The van der Waals surface area contributed by atoms with Crippen LogP contribution in [0.15, 0.2) is 22.9 Å². The summed E-state index contributed by atoms with van der Waals surface area (Å²) in [5.41, 5.74) is 10.3. The van der Waals surface area contributed by atoms with E-state index in [1.54, 1.807) is 18.3 Å². The molecule has 0 spiro atoms. The number of aldehydes is 1. The lowest BCUT2D eigenvalue weighted by Crippen LogP contribution is -2.30. The van der Waals surface area contributed by atoms with Gasteiger partial charge in [-0.3, -0.25) is 0 Å². The molecule has 1 aromatic heterocycles. The first kappa shape index (κ1) is 50.0. The van der Waals surface area contributed by atoms with E-state index in [0.29, 0.717) is 6.42 Å². The van der Waals surface area contributed by atoms with Gasteiger partial charge in [-0.05, 0) is 93.9 Å². The number of nitrogens with zero attached hydrogens (tertiary/aromatic N) is 1. The van der Waals surface area contributed by atoms with Crippen LogP contribution in [-0.2, 0) is 23.7 Å². The van der Waals surface area contributed by atoms with Crippen LogP contribution < -0.4 is 11.1 Å². The van der Waals surface area contributed by atoms with Crippen molar-refractivity contribution < 1.29 is 13.6 Å². The van der Waals surface area contributed by atoms with Crippen LogP contribution in [0.2, 0.25) is 0 Å². The van der Waals surface area contributed by atoms with Crippen LogP contribution in [0.1, 0.15) is 193 Å². The number of alkyl halides is 2. The molecule has 312 valence electrons. The summed E-state index contributed by atoms with van der Waals surface area (Å²) >= 11 is 1.77. The number of benzene rings is 1. The number of aryl methyl sites for hydroxylation is 2. The summed E-state index contributed by atoms with van der Waals surface area (Å²) in [6, 6.07) is 3.30. The van der Waals surface area contributed by atoms with Gasteiger partial charge in [0.2, 0.25) is 0 Å². The maximum absolute atomic E-state index is 13.1. The van der Waals surface area contributed by atoms with Crippen molar-refractivity contribution >= 4 is 29.0 Å². The number of carbonyl (C=O) groups is 1. The Morgan fingerprint density at radius 2 is 1.37 bits per heavy atom. The molecule has 3 heterocycles. The highest BCUT2D eigenvalue weighted by Gasteiger charge is 2.28. The third-order valence-electron chi connectivity index (χ3n) is 11.1. The molecule has 2 aliphatic heterocycles. The fourth-order valence-corrected chi connectivity index (χ4v) is 7.96. The highest BCUT2D eigenvalue weighted by atomic mass is 32.1. The zero-order chi connectivity index (χ0) is 40.2. The van der Waals surface area contributed by atoms with Gasteiger partial charge in [0.25, 0.3) is 5.92 Å². The lowest BCUT2D eigenvalue weighted by atomic mass is 9.80. The maximum atomic E-state index is 13.1. The van der Waals surface area contributed by atoms with Crippen molar-refractivity contribution in [2.24, 2.45) is 17.8 Å². The van der Waals surface area contributed by atoms with Crippen molar-refractivity contribution in [1.29, 1.82) is 0 Å². The topological polar surface area (TPSA) is 58.4 Å². The molecule has 4 fully saturated rings. The Morgan fingerprint density at radius 1 is 0.852 bits per heavy atom. The Balaban J connectivity index is 0.000000330. The van der Waals surface area contributed by atoms with Crippen molar-refractivity contribution in [2.75, 3.05) is 30.7 Å². The molecule has 54 heavy (non-hydrogen) atoms. The lowest BCUT2D eigenvalue weighted by molar-refractivity contribution is -0.106. The second kappa shape index (κ2) is 30.2. The molecule has 3 aliphatic carbocycles. The largest absolute Gasteiger partial charge is 0.398 e. The standard InChI is InChI=1S/C11H15F2N.C10H20.C9H19N.C7H14.C5H5NS.C3H6.C2H4O/c1-4-8-5-7(2)6-9(10(8)14)11(3,12)13;1-3-9-5-7-10(4-2)8-6-9;1-2-3-7-10-8-5-4-6-9-10;1-7-5-3-2-4-6-7;1-4-2-7-3-5(4)6-1;1-2-3-1;1-2-3/h5-6H,4,14H2,1-3H3;9-10H,3-8H2,1-2H3;2-9H2,1H3;7H,2-6H2,1H3;2-3,6H,1H2;1-3H2;2H,1H3. The highest BCUT2D eigenvalue weighted by Crippen LogP contribution is 2.35. The molecule has 0 amide bonds. The Morgan fingerprint density at radius 3 is 1.70 bits per heavy atom. The zero-order valence-corrected chi connectivity index (χ0v) is 37.0. The third kappa shape index (κ3) is 23.2. The molecule has 3 saturated carbocycles. The number of anilines is 2. The van der Waals surface area contributed by atoms with E-state index in [1.165, 1.54) is 166 Å². The van der Waals surface area contributed by atoms with Crippen LogP contribution >= 0.6 is 11.3 Å². The molecule has 3 N–H and O–H groups in total. The van der Waals surface area contributed by atoms with E-state index in [0.717, 1.165) is 48.6 Å². The molecule has 2 aromatic rings. The van der Waals surface area contributed by atoms with Crippen LogP contribution in [0.25, 0.3) is 0 Å². The van der Waals surface area contributed by atoms with Crippen molar-refractivity contribution in [2.45, 2.75) is 196 Å². The average molecular weight is 776 g/mol. The number of rotatable bonds is 7. The second-order valence-corrected chi connectivity index (χ2v) is 17.0. The molecule has 7 heteroatoms. The van der Waals surface area contributed by atoms with Crippen LogP contribution in [0, 0.1) is 24.7 Å². The minimum atomic E-state index is -2.86. The van der Waals surface area contributed by atoms with E-state index in [4.69, 9.17) is 10.5 Å². The van der Waals surface area contributed by atoms with Crippen molar-refractivity contribution in [3.63, 3.8) is 0 Å². The molecule has 0 atom stereocenters. The zero-order valence-electron chi connectivity index (χ0n) is 36.2. The first-order valence-electron chi connectivity index (χ1n) is 22.1. The molecule has 0 bridgehead atoms. The summed E-state index contributed by atoms with van der Waals surface area (Å²) < 4.78 is 26.3. The maximum Gasteiger partial charge on any atom is 0.272 e. The van der Waals surface area contributed by atoms with E-state index >= 15 is 0 Å². The fraction of sp³-hybridized carbons (Fsp3) is 0.766. The summed E-state index contributed by atoms with van der Waals surface area (Å²) in [6.45, 7) is 20.5. The normalized spacial score (nSPS) is 20.0. The number of carbonyl (C=O) groups excluding carboxylic acids is 1. The molecule has 1 aromatic carbocycles. The summed E-state index contributed by atoms with van der Waals surface area (Å²) in [5, 5.41) is 7.50. The first-order chi connectivity index (χ1) is 25.9. The molecular weight excluding hydrogens is 693 g/mol. The Bertz CT molecular complexity index is 1160. The minimum absolute atomic E-state index is 0.0608. The lowest BCUT2D eigenvalue weighted by Gasteiger charge is -2.26. The molecule has 0 radical (unpaired) electrons. The Kier molecular flexibility index (Phi) is 28.0. The summed E-state index contributed by atoms with van der Waals surface area (Å²) in [6.07, 6.45) is 29.3. The fourth-order valence-electron chi connectivity index (χ4n) is 7.15. The minimum Gasteiger partial charge on any atom is -0.398 e. The number of fused-ring (bicyclic) bond motifs is 1. The molecule has 5 aliphatic rings. The smallest absolute Gasteiger partial charge is 0.272 e. The summed E-state index contributed by atoms with van der Waals surface area (Å²) in [7, 11) is 0. The van der Waals surface area contributed by atoms with Crippen molar-refractivity contribution in [1.82, 2.24) is 4.90 Å². The van der Waals surface area contributed by atoms with E-state index in [2.05, 4.69) is 48.7 Å². The van der Waals surface area contributed by atoms with Crippen molar-refractivity contribution in [3.8, 4) is 0 Å². The van der Waals surface area contributed by atoms with Gasteiger partial charge in [0.15, 0.2) is 0 Å². The highest BCUT2D eigenvalue weighted by molar-refractivity contribution is 7.08. The van der Waals surface area contributed by atoms with Crippen LogP contribution in [0.5, 0.6) is 0 Å². The number of hydrogen-bond donors (Lipinski definition) is 2. The summed E-state index contributed by atoms with van der Waals surface area (Å²) in [5.74, 6) is 0.319. The number of hydrogen-bond acceptors (Lipinski definition) is 5. The van der Waals surface area contributed by atoms with Gasteiger partial charge in [-0.2, -0.15) is 0 Å². The SMILES string of the molecule is C1CC1.CC1CCCCC1.CC=O.CCC1CCC(CC)CC1.CCCCN1CCCCC1.CCc1cc(C)cc(C(C)(F)F)c1N.c1scc2c1CN2. The van der Waals surface area contributed by atoms with Gasteiger partial charge < -0.3 is 20.7 Å². The number of piperidine rings is 1. The van der Waals surface area contributed by atoms with Crippen LogP contribution in [-0.4, -0.2) is 30.8 Å². The van der Waals surface area contributed by atoms with Gasteiger partial charge in [-0.25, -0.2) is 8.78 Å². The van der Waals surface area contributed by atoms with E-state index in [9.17, 15) is 8.78 Å². The summed E-state index contributed by atoms with van der Waals surface area (Å²) in [4.78, 5) is 11.4. The van der Waals surface area contributed by atoms with E-state index in [-0.39, 0.29) is 11.3 Å². The Hall–Kier alpha value is -1.99. The molecule has 1 saturated heterocycles. The van der Waals surface area contributed by atoms with Crippen molar-refractivity contribution in [3.05, 3.63) is 45.1 Å². The predicted molar refractivity (Wildman–Crippen MR) is 235 cm³/mol. The first-order valence-corrected chi connectivity index (χ1v) is 23.1. The molecule has 7 rings (SSSR count). The quantitative estimate of drug-likeness (QED) is 0.217. The predicted octanol–water partition coefficient (Wildman–Crippen LogP) is 14.8. The number of nitrogen functional groups attached to an aromatic ring is 1. The number of likely N-dealkylation sites (tertiary alicyclic amines) is 1. The Labute approximate surface area is 336 Å². The number of halogens is 2. The monoisotopic (exact) mass is 776 g/mol. The number of nitrogens with two attached hydrogens (primary N) is 1. The van der Waals surface area contributed by atoms with Gasteiger partial charge in [-0.15, -0.1) is 11.3 Å².